The first-order valence-electron chi connectivity index (χ1n) is 8.79. The normalized spacial score (nSPS) is 10.7. The lowest BCUT2D eigenvalue weighted by atomic mass is 10.0. The molecule has 8 heteroatoms. The molecule has 2 aromatic carbocycles. The van der Waals surface area contributed by atoms with Crippen LogP contribution < -0.4 is 14.9 Å². The predicted molar refractivity (Wildman–Crippen MR) is 111 cm³/mol. The lowest BCUT2D eigenvalue weighted by Gasteiger charge is -2.12. The third-order valence-electron chi connectivity index (χ3n) is 4.15. The summed E-state index contributed by atoms with van der Waals surface area (Å²) in [5.41, 5.74) is 6.30. The smallest absolute Gasteiger partial charge is 0.343 e. The summed E-state index contributed by atoms with van der Waals surface area (Å²) in [7, 11) is 2.71. The quantitative estimate of drug-likeness (QED) is 0.404. The molecular formula is C21H23ClN2O5. The van der Waals surface area contributed by atoms with E-state index in [2.05, 4.69) is 15.3 Å². The zero-order valence-corrected chi connectivity index (χ0v) is 17.5. The molecule has 0 heterocycles. The summed E-state index contributed by atoms with van der Waals surface area (Å²) in [6.45, 7) is 3.73. The molecular weight excluding hydrogens is 396 g/mol. The average Bonchev–Trinajstić information content (AvgIpc) is 2.69. The third kappa shape index (κ3) is 6.50. The van der Waals surface area contributed by atoms with Gasteiger partial charge in [-0.15, -0.1) is 0 Å². The van der Waals surface area contributed by atoms with Crippen LogP contribution >= 0.6 is 11.6 Å². The molecule has 7 nitrogen and oxygen atoms in total. The van der Waals surface area contributed by atoms with Gasteiger partial charge >= 0.3 is 5.97 Å². The van der Waals surface area contributed by atoms with Crippen molar-refractivity contribution in [1.29, 1.82) is 0 Å². The number of esters is 1. The molecule has 0 aromatic heterocycles. The summed E-state index contributed by atoms with van der Waals surface area (Å²) in [6.07, 6.45) is 1.67. The molecule has 0 radical (unpaired) electrons. The number of carbonyl (C=O) groups excluding carboxylic acids is 2. The number of methoxy groups -OCH3 is 2. The molecule has 0 fully saturated rings. The minimum atomic E-state index is -0.541. The Labute approximate surface area is 174 Å². The van der Waals surface area contributed by atoms with Crippen molar-refractivity contribution in [3.63, 3.8) is 0 Å². The van der Waals surface area contributed by atoms with Gasteiger partial charge in [0.25, 0.3) is 0 Å². The van der Waals surface area contributed by atoms with Crippen molar-refractivity contribution in [2.75, 3.05) is 20.8 Å². The van der Waals surface area contributed by atoms with E-state index in [4.69, 9.17) is 21.1 Å². The fourth-order valence-corrected chi connectivity index (χ4v) is 2.74. The van der Waals surface area contributed by atoms with Crippen molar-refractivity contribution in [3.05, 3.63) is 57.6 Å². The fraction of sp³-hybridized carbons (Fsp3) is 0.286. The van der Waals surface area contributed by atoms with Crippen molar-refractivity contribution in [1.82, 2.24) is 5.43 Å². The zero-order valence-electron chi connectivity index (χ0n) is 16.7. The molecule has 2 aromatic rings. The first-order valence-corrected chi connectivity index (χ1v) is 9.17. The van der Waals surface area contributed by atoms with Gasteiger partial charge in [0.05, 0.1) is 31.9 Å². The van der Waals surface area contributed by atoms with Crippen molar-refractivity contribution < 1.29 is 23.8 Å². The second-order valence-corrected chi connectivity index (χ2v) is 6.69. The first kappa shape index (κ1) is 22.2. The standard InChI is InChI=1S/C21H23ClN2O5/c1-13-5-6-15(7-14(13)2)10-19(25)24-23-11-16-8-17(22)21(18(9-16)27-3)29-12-20(26)28-4/h5-9,11H,10,12H2,1-4H3,(H,24,25)/b23-11-. The summed E-state index contributed by atoms with van der Waals surface area (Å²) in [4.78, 5) is 23.3. The Kier molecular flexibility index (Phi) is 8.03. The Morgan fingerprint density at radius 3 is 2.55 bits per heavy atom. The van der Waals surface area contributed by atoms with E-state index in [1.807, 2.05) is 32.0 Å². The Hall–Kier alpha value is -3.06. The van der Waals surface area contributed by atoms with Crippen LogP contribution in [0.3, 0.4) is 0 Å². The fourth-order valence-electron chi connectivity index (χ4n) is 2.46. The predicted octanol–water partition coefficient (Wildman–Crippen LogP) is 3.21. The summed E-state index contributed by atoms with van der Waals surface area (Å²) in [5, 5.41) is 4.19. The number of hydrogen-bond donors (Lipinski definition) is 1. The van der Waals surface area contributed by atoms with Crippen LogP contribution in [0.1, 0.15) is 22.3 Å². The van der Waals surface area contributed by atoms with E-state index < -0.39 is 5.97 Å². The van der Waals surface area contributed by atoms with Crippen LogP contribution in [0.25, 0.3) is 0 Å². The van der Waals surface area contributed by atoms with E-state index in [1.165, 1.54) is 26.0 Å². The Balaban J connectivity index is 2.02. The molecule has 0 unspecified atom stereocenters. The second-order valence-electron chi connectivity index (χ2n) is 6.29. The van der Waals surface area contributed by atoms with Crippen LogP contribution in [0, 0.1) is 13.8 Å². The number of ether oxygens (including phenoxy) is 3. The summed E-state index contributed by atoms with van der Waals surface area (Å²) in [5.74, 6) is -0.236. The van der Waals surface area contributed by atoms with Crippen LogP contribution in [0.15, 0.2) is 35.4 Å². The Morgan fingerprint density at radius 1 is 1.14 bits per heavy atom. The number of nitrogens with one attached hydrogen (secondary N) is 1. The summed E-state index contributed by atoms with van der Waals surface area (Å²) in [6, 6.07) is 9.09. The molecule has 2 rings (SSSR count). The van der Waals surface area contributed by atoms with Crippen molar-refractivity contribution in [2.45, 2.75) is 20.3 Å². The lowest BCUT2D eigenvalue weighted by molar-refractivity contribution is -0.142. The molecule has 0 bridgehead atoms. The summed E-state index contributed by atoms with van der Waals surface area (Å²) >= 11 is 6.21. The van der Waals surface area contributed by atoms with E-state index >= 15 is 0 Å². The number of hydrogen-bond acceptors (Lipinski definition) is 6. The number of carbonyl (C=O) groups is 2. The number of halogens is 1. The molecule has 0 atom stereocenters. The number of nitrogens with zero attached hydrogens (tertiary/aromatic N) is 1. The van der Waals surface area contributed by atoms with Crippen molar-refractivity contribution in [2.24, 2.45) is 5.10 Å². The SMILES string of the molecule is COC(=O)COc1c(Cl)cc(/C=N\NC(=O)Cc2ccc(C)c(C)c2)cc1OC. The molecule has 154 valence electrons. The van der Waals surface area contributed by atoms with Crippen LogP contribution in [0.2, 0.25) is 5.02 Å². The van der Waals surface area contributed by atoms with Gasteiger partial charge in [0, 0.05) is 0 Å². The van der Waals surface area contributed by atoms with Gasteiger partial charge in [0.15, 0.2) is 18.1 Å². The summed E-state index contributed by atoms with van der Waals surface area (Å²) < 4.78 is 15.1. The van der Waals surface area contributed by atoms with Crippen molar-refractivity contribution in [3.8, 4) is 11.5 Å². The highest BCUT2D eigenvalue weighted by atomic mass is 35.5. The van der Waals surface area contributed by atoms with E-state index in [0.29, 0.717) is 11.3 Å². The molecule has 0 aliphatic heterocycles. The van der Waals surface area contributed by atoms with E-state index in [9.17, 15) is 9.59 Å². The Morgan fingerprint density at radius 2 is 1.90 bits per heavy atom. The molecule has 0 saturated heterocycles. The van der Waals surface area contributed by atoms with Gasteiger partial charge in [-0.05, 0) is 48.2 Å². The molecule has 0 aliphatic rings. The maximum Gasteiger partial charge on any atom is 0.343 e. The maximum absolute atomic E-state index is 12.1. The monoisotopic (exact) mass is 418 g/mol. The van der Waals surface area contributed by atoms with Crippen LogP contribution in [0.4, 0.5) is 0 Å². The highest BCUT2D eigenvalue weighted by Crippen LogP contribution is 2.36. The topological polar surface area (TPSA) is 86.2 Å². The molecule has 0 saturated carbocycles. The van der Waals surface area contributed by atoms with Gasteiger partial charge in [-0.1, -0.05) is 29.8 Å². The van der Waals surface area contributed by atoms with Gasteiger partial charge in [0.1, 0.15) is 0 Å². The van der Waals surface area contributed by atoms with Crippen LogP contribution in [-0.2, 0) is 20.7 Å². The number of hydrazone groups is 1. The highest BCUT2D eigenvalue weighted by molar-refractivity contribution is 6.32. The minimum Gasteiger partial charge on any atom is -0.493 e. The van der Waals surface area contributed by atoms with Gasteiger partial charge in [-0.2, -0.15) is 5.10 Å². The lowest BCUT2D eigenvalue weighted by Crippen LogP contribution is -2.19. The molecule has 29 heavy (non-hydrogen) atoms. The number of amides is 1. The second kappa shape index (κ2) is 10.5. The molecule has 1 amide bonds. The molecule has 0 spiro atoms. The number of rotatable bonds is 8. The largest absolute Gasteiger partial charge is 0.493 e. The van der Waals surface area contributed by atoms with Crippen LogP contribution in [0.5, 0.6) is 11.5 Å². The van der Waals surface area contributed by atoms with Crippen molar-refractivity contribution >= 4 is 29.7 Å². The molecule has 0 aliphatic carbocycles. The molecule has 1 N–H and O–H groups in total. The van der Waals surface area contributed by atoms with Gasteiger partial charge in [-0.25, -0.2) is 10.2 Å². The van der Waals surface area contributed by atoms with Crippen LogP contribution in [-0.4, -0.2) is 38.9 Å². The van der Waals surface area contributed by atoms with Gasteiger partial charge in [0.2, 0.25) is 5.91 Å². The number of aryl methyl sites for hydroxylation is 2. The highest BCUT2D eigenvalue weighted by Gasteiger charge is 2.13. The van der Waals surface area contributed by atoms with E-state index in [-0.39, 0.29) is 29.7 Å². The van der Waals surface area contributed by atoms with Gasteiger partial charge in [-0.3, -0.25) is 4.79 Å². The van der Waals surface area contributed by atoms with Gasteiger partial charge < -0.3 is 14.2 Å². The average molecular weight is 419 g/mol. The third-order valence-corrected chi connectivity index (χ3v) is 4.43. The maximum atomic E-state index is 12.1. The van der Waals surface area contributed by atoms with E-state index in [1.54, 1.807) is 12.1 Å². The number of benzene rings is 2. The Bertz CT molecular complexity index is 928. The minimum absolute atomic E-state index is 0.218. The van der Waals surface area contributed by atoms with E-state index in [0.717, 1.165) is 11.1 Å². The zero-order chi connectivity index (χ0) is 21.4. The first-order chi connectivity index (χ1) is 13.8.